The van der Waals surface area contributed by atoms with Crippen molar-refractivity contribution < 1.29 is 14.8 Å². The molecule has 0 aliphatic carbocycles. The van der Waals surface area contributed by atoms with E-state index in [1.807, 2.05) is 0 Å². The van der Waals surface area contributed by atoms with Gasteiger partial charge in [0.25, 0.3) is 5.69 Å². The first kappa shape index (κ1) is 13.5. The van der Waals surface area contributed by atoms with Crippen LogP contribution in [0.5, 0.6) is 0 Å². The molecule has 92 valence electrons. The Morgan fingerprint density at radius 2 is 2.06 bits per heavy atom. The largest absolute Gasteiger partial charge is 0.481 e. The zero-order valence-electron chi connectivity index (χ0n) is 9.33. The summed E-state index contributed by atoms with van der Waals surface area (Å²) in [5, 5.41) is 19.1. The summed E-state index contributed by atoms with van der Waals surface area (Å²) in [6, 6.07) is 6.29. The maximum Gasteiger partial charge on any atom is 0.307 e. The number of carboxylic acids is 1. The van der Waals surface area contributed by atoms with Gasteiger partial charge in [0.05, 0.1) is 10.8 Å². The van der Waals surface area contributed by atoms with Gasteiger partial charge in [-0.25, -0.2) is 0 Å². The number of benzene rings is 1. The lowest BCUT2D eigenvalue weighted by Crippen LogP contribution is -2.11. The summed E-state index contributed by atoms with van der Waals surface area (Å²) in [6.07, 6.45) is 0. The first-order chi connectivity index (χ1) is 8.00. The number of carbonyl (C=O) groups is 1. The fourth-order valence-electron chi connectivity index (χ4n) is 1.14. The van der Waals surface area contributed by atoms with Crippen LogP contribution in [-0.4, -0.2) is 21.8 Å². The summed E-state index contributed by atoms with van der Waals surface area (Å²) in [6.45, 7) is 1.66. The molecule has 0 saturated heterocycles. The quantitative estimate of drug-likeness (QED) is 0.624. The van der Waals surface area contributed by atoms with Crippen LogP contribution in [0.2, 0.25) is 0 Å². The Kier molecular flexibility index (Phi) is 4.96. The second-order valence-corrected chi connectivity index (χ2v) is 4.71. The van der Waals surface area contributed by atoms with E-state index in [1.165, 1.54) is 23.9 Å². The van der Waals surface area contributed by atoms with Gasteiger partial charge in [0.15, 0.2) is 0 Å². The van der Waals surface area contributed by atoms with Crippen molar-refractivity contribution in [2.24, 2.45) is 5.92 Å². The highest BCUT2D eigenvalue weighted by molar-refractivity contribution is 7.98. The van der Waals surface area contributed by atoms with Crippen LogP contribution in [0.25, 0.3) is 0 Å². The molecule has 0 radical (unpaired) electrons. The number of nitrogens with zero attached hydrogens (tertiary/aromatic N) is 1. The maximum atomic E-state index is 10.6. The van der Waals surface area contributed by atoms with Gasteiger partial charge >= 0.3 is 5.97 Å². The highest BCUT2D eigenvalue weighted by Crippen LogP contribution is 2.18. The normalized spacial score (nSPS) is 12.1. The topological polar surface area (TPSA) is 80.4 Å². The van der Waals surface area contributed by atoms with E-state index in [9.17, 15) is 14.9 Å². The molecule has 17 heavy (non-hydrogen) atoms. The van der Waals surface area contributed by atoms with Gasteiger partial charge in [0.2, 0.25) is 0 Å². The fraction of sp³-hybridized carbons (Fsp3) is 0.364. The number of rotatable bonds is 6. The van der Waals surface area contributed by atoms with Crippen molar-refractivity contribution >= 4 is 23.4 Å². The van der Waals surface area contributed by atoms with Crippen molar-refractivity contribution in [3.8, 4) is 0 Å². The van der Waals surface area contributed by atoms with Crippen molar-refractivity contribution in [3.05, 3.63) is 39.9 Å². The lowest BCUT2D eigenvalue weighted by atomic mass is 10.2. The second kappa shape index (κ2) is 6.24. The number of non-ortho nitro benzene ring substituents is 1. The molecule has 0 fully saturated rings. The lowest BCUT2D eigenvalue weighted by Gasteiger charge is -2.05. The molecule has 6 heteroatoms. The van der Waals surface area contributed by atoms with E-state index < -0.39 is 10.9 Å². The predicted molar refractivity (Wildman–Crippen MR) is 66.1 cm³/mol. The minimum absolute atomic E-state index is 0.0673. The van der Waals surface area contributed by atoms with Crippen LogP contribution in [0.15, 0.2) is 24.3 Å². The molecule has 0 aromatic heterocycles. The van der Waals surface area contributed by atoms with Gasteiger partial charge in [-0.1, -0.05) is 19.1 Å². The number of thioether (sulfide) groups is 1. The number of aliphatic carboxylic acids is 1. The third kappa shape index (κ3) is 4.44. The molecule has 0 heterocycles. The van der Waals surface area contributed by atoms with Crippen LogP contribution in [0.1, 0.15) is 12.5 Å². The Morgan fingerprint density at radius 1 is 1.47 bits per heavy atom. The highest BCUT2D eigenvalue weighted by Gasteiger charge is 2.10. The number of hydrogen-bond donors (Lipinski definition) is 1. The van der Waals surface area contributed by atoms with E-state index in [2.05, 4.69) is 0 Å². The molecule has 1 aromatic rings. The minimum atomic E-state index is -0.804. The molecule has 0 amide bonds. The number of nitro groups is 1. The first-order valence-electron chi connectivity index (χ1n) is 5.04. The van der Waals surface area contributed by atoms with Crippen molar-refractivity contribution in [2.45, 2.75) is 12.7 Å². The molecule has 0 aliphatic rings. The summed E-state index contributed by atoms with van der Waals surface area (Å²) in [4.78, 5) is 20.6. The van der Waals surface area contributed by atoms with Crippen LogP contribution in [0, 0.1) is 16.0 Å². The van der Waals surface area contributed by atoms with Crippen LogP contribution < -0.4 is 0 Å². The van der Waals surface area contributed by atoms with Crippen molar-refractivity contribution in [2.75, 3.05) is 5.75 Å². The third-order valence-corrected chi connectivity index (χ3v) is 3.48. The van der Waals surface area contributed by atoms with Gasteiger partial charge in [-0.15, -0.1) is 0 Å². The molecule has 5 nitrogen and oxygen atoms in total. The molecule has 0 bridgehead atoms. The van der Waals surface area contributed by atoms with Crippen molar-refractivity contribution in [1.29, 1.82) is 0 Å². The second-order valence-electron chi connectivity index (χ2n) is 3.68. The third-order valence-electron chi connectivity index (χ3n) is 2.21. The number of hydrogen-bond acceptors (Lipinski definition) is 4. The van der Waals surface area contributed by atoms with Crippen LogP contribution >= 0.6 is 11.8 Å². The number of carboxylic acid groups (broad SMARTS) is 1. The van der Waals surface area contributed by atoms with Crippen LogP contribution in [0.4, 0.5) is 5.69 Å². The molecule has 1 atom stereocenters. The summed E-state index contributed by atoms with van der Waals surface area (Å²) in [7, 11) is 0. The Bertz CT molecular complexity index is 404. The van der Waals surface area contributed by atoms with E-state index >= 15 is 0 Å². The van der Waals surface area contributed by atoms with Gasteiger partial charge in [-0.3, -0.25) is 14.9 Å². The molecule has 1 unspecified atom stereocenters. The Morgan fingerprint density at radius 3 is 2.53 bits per heavy atom. The van der Waals surface area contributed by atoms with Crippen LogP contribution in [0.3, 0.4) is 0 Å². The van der Waals surface area contributed by atoms with E-state index in [1.54, 1.807) is 19.1 Å². The average molecular weight is 255 g/mol. The molecule has 0 spiro atoms. The highest BCUT2D eigenvalue weighted by atomic mass is 32.2. The van der Waals surface area contributed by atoms with E-state index in [4.69, 9.17) is 5.11 Å². The molecular formula is C11H13NO4S. The Labute approximate surface area is 103 Å². The smallest absolute Gasteiger partial charge is 0.307 e. The van der Waals surface area contributed by atoms with Gasteiger partial charge < -0.3 is 5.11 Å². The maximum absolute atomic E-state index is 10.6. The zero-order valence-corrected chi connectivity index (χ0v) is 10.1. The van der Waals surface area contributed by atoms with Gasteiger partial charge in [0, 0.05) is 23.6 Å². The molecular weight excluding hydrogens is 242 g/mol. The summed E-state index contributed by atoms with van der Waals surface area (Å²) >= 11 is 1.51. The van der Waals surface area contributed by atoms with E-state index in [0.717, 1.165) is 5.56 Å². The van der Waals surface area contributed by atoms with Crippen LogP contribution in [-0.2, 0) is 10.5 Å². The zero-order chi connectivity index (χ0) is 12.8. The summed E-state index contributed by atoms with van der Waals surface area (Å²) in [5.41, 5.74) is 1.02. The van der Waals surface area contributed by atoms with Crippen molar-refractivity contribution in [3.63, 3.8) is 0 Å². The van der Waals surface area contributed by atoms with Gasteiger partial charge in [-0.05, 0) is 5.56 Å². The molecule has 0 saturated carbocycles. The Hall–Kier alpha value is -1.56. The van der Waals surface area contributed by atoms with Gasteiger partial charge in [0.1, 0.15) is 0 Å². The fourth-order valence-corrected chi connectivity index (χ4v) is 2.18. The first-order valence-corrected chi connectivity index (χ1v) is 6.20. The molecule has 1 aromatic carbocycles. The number of nitro benzene ring substituents is 1. The predicted octanol–water partition coefficient (Wildman–Crippen LogP) is 2.55. The molecule has 1 N–H and O–H groups in total. The summed E-state index contributed by atoms with van der Waals surface area (Å²) < 4.78 is 0. The van der Waals surface area contributed by atoms with Gasteiger partial charge in [-0.2, -0.15) is 11.8 Å². The minimum Gasteiger partial charge on any atom is -0.481 e. The monoisotopic (exact) mass is 255 g/mol. The Balaban J connectivity index is 2.42. The van der Waals surface area contributed by atoms with Crippen molar-refractivity contribution in [1.82, 2.24) is 0 Å². The average Bonchev–Trinajstić information content (AvgIpc) is 2.29. The summed E-state index contributed by atoms with van der Waals surface area (Å²) in [5.74, 6) is 0.0151. The van der Waals surface area contributed by atoms with E-state index in [-0.39, 0.29) is 11.6 Å². The molecule has 1 rings (SSSR count). The lowest BCUT2D eigenvalue weighted by molar-refractivity contribution is -0.384. The SMILES string of the molecule is CC(CSCc1ccc([N+](=O)[O-])cc1)C(=O)O. The molecule has 0 aliphatic heterocycles. The standard InChI is InChI=1S/C11H13NO4S/c1-8(11(13)14)6-17-7-9-2-4-10(5-3-9)12(15)16/h2-5,8H,6-7H2,1H3,(H,13,14). The van der Waals surface area contributed by atoms with E-state index in [0.29, 0.717) is 11.5 Å².